The third-order valence-electron chi connectivity index (χ3n) is 5.17. The normalized spacial score (nSPS) is 14.7. The van der Waals surface area contributed by atoms with Crippen molar-refractivity contribution in [1.29, 1.82) is 0 Å². The average molecular weight is 406 g/mol. The van der Waals surface area contributed by atoms with Crippen molar-refractivity contribution < 1.29 is 4.74 Å². The molecule has 1 fully saturated rings. The van der Waals surface area contributed by atoms with Crippen molar-refractivity contribution in [3.63, 3.8) is 0 Å². The second kappa shape index (κ2) is 8.00. The van der Waals surface area contributed by atoms with Crippen LogP contribution in [0.3, 0.4) is 0 Å². The summed E-state index contributed by atoms with van der Waals surface area (Å²) in [6.07, 6.45) is 1.89. The minimum absolute atomic E-state index is 0.716. The van der Waals surface area contributed by atoms with Gasteiger partial charge in [0.15, 0.2) is 5.65 Å². The standard InChI is InChI=1S/C22H23N5OS/c1-2-29-21-19-20(24-22(25-21)26-9-11-28-12-10-26)23-15-27(19)14-16-7-8-17-5-3-4-6-18(17)13-16/h3-8,13,15H,2,9-12,14H2,1H3. The zero-order chi connectivity index (χ0) is 19.6. The smallest absolute Gasteiger partial charge is 0.228 e. The highest BCUT2D eigenvalue weighted by molar-refractivity contribution is 7.99. The van der Waals surface area contributed by atoms with Crippen LogP contribution >= 0.6 is 11.8 Å². The van der Waals surface area contributed by atoms with Gasteiger partial charge in [-0.3, -0.25) is 0 Å². The van der Waals surface area contributed by atoms with Gasteiger partial charge in [0.1, 0.15) is 10.5 Å². The highest BCUT2D eigenvalue weighted by Gasteiger charge is 2.19. The molecular formula is C22H23N5OS. The fourth-order valence-corrected chi connectivity index (χ4v) is 4.50. The molecule has 0 saturated carbocycles. The predicted molar refractivity (Wildman–Crippen MR) is 118 cm³/mol. The molecule has 1 aliphatic rings. The van der Waals surface area contributed by atoms with Crippen molar-refractivity contribution in [2.45, 2.75) is 18.5 Å². The van der Waals surface area contributed by atoms with Crippen molar-refractivity contribution in [2.75, 3.05) is 37.0 Å². The lowest BCUT2D eigenvalue weighted by atomic mass is 10.1. The van der Waals surface area contributed by atoms with Gasteiger partial charge in [0, 0.05) is 19.6 Å². The summed E-state index contributed by atoms with van der Waals surface area (Å²) in [5, 5.41) is 3.51. The molecular weight excluding hydrogens is 382 g/mol. The number of aromatic nitrogens is 4. The highest BCUT2D eigenvalue weighted by Crippen LogP contribution is 2.28. The molecule has 4 aromatic rings. The van der Waals surface area contributed by atoms with Crippen LogP contribution < -0.4 is 4.90 Å². The summed E-state index contributed by atoms with van der Waals surface area (Å²) in [6, 6.07) is 15.1. The van der Waals surface area contributed by atoms with Gasteiger partial charge in [-0.25, -0.2) is 9.97 Å². The van der Waals surface area contributed by atoms with Gasteiger partial charge >= 0.3 is 0 Å². The van der Waals surface area contributed by atoms with Gasteiger partial charge in [-0.2, -0.15) is 4.98 Å². The van der Waals surface area contributed by atoms with Crippen LogP contribution in [0.15, 0.2) is 53.8 Å². The Bertz CT molecular complexity index is 1150. The first-order valence-corrected chi connectivity index (χ1v) is 11.0. The Kier molecular flexibility index (Phi) is 5.08. The van der Waals surface area contributed by atoms with E-state index in [0.29, 0.717) is 13.2 Å². The SMILES string of the molecule is CCSc1nc(N2CCOCC2)nc2ncn(Cc3ccc4ccccc4c3)c12. The van der Waals surface area contributed by atoms with Crippen LogP contribution in [0.5, 0.6) is 0 Å². The van der Waals surface area contributed by atoms with E-state index in [1.165, 1.54) is 16.3 Å². The molecule has 0 amide bonds. The molecule has 2 aromatic heterocycles. The molecule has 0 atom stereocenters. The van der Waals surface area contributed by atoms with Crippen LogP contribution in [-0.4, -0.2) is 51.6 Å². The van der Waals surface area contributed by atoms with Crippen LogP contribution in [0.1, 0.15) is 12.5 Å². The summed E-state index contributed by atoms with van der Waals surface area (Å²) in [4.78, 5) is 16.5. The zero-order valence-corrected chi connectivity index (χ0v) is 17.2. The lowest BCUT2D eigenvalue weighted by Crippen LogP contribution is -2.37. The highest BCUT2D eigenvalue weighted by atomic mass is 32.2. The number of ether oxygens (including phenoxy) is 1. The van der Waals surface area contributed by atoms with E-state index in [4.69, 9.17) is 14.7 Å². The summed E-state index contributed by atoms with van der Waals surface area (Å²) >= 11 is 1.74. The molecule has 148 valence electrons. The third-order valence-corrected chi connectivity index (χ3v) is 6.02. The summed E-state index contributed by atoms with van der Waals surface area (Å²) < 4.78 is 7.63. The second-order valence-corrected chi connectivity index (χ2v) is 8.34. The molecule has 1 saturated heterocycles. The Morgan fingerprint density at radius 2 is 1.86 bits per heavy atom. The molecule has 0 aliphatic carbocycles. The predicted octanol–water partition coefficient (Wildman–Crippen LogP) is 3.98. The quantitative estimate of drug-likeness (QED) is 0.370. The van der Waals surface area contributed by atoms with E-state index in [1.807, 2.05) is 6.33 Å². The van der Waals surface area contributed by atoms with Gasteiger partial charge in [-0.1, -0.05) is 43.3 Å². The van der Waals surface area contributed by atoms with E-state index < -0.39 is 0 Å². The number of nitrogens with zero attached hydrogens (tertiary/aromatic N) is 5. The number of rotatable bonds is 5. The lowest BCUT2D eigenvalue weighted by molar-refractivity contribution is 0.122. The Balaban J connectivity index is 1.53. The Labute approximate surface area is 173 Å². The molecule has 0 unspecified atom stereocenters. The average Bonchev–Trinajstić information content (AvgIpc) is 3.17. The van der Waals surface area contributed by atoms with Crippen molar-refractivity contribution in [3.05, 3.63) is 54.4 Å². The Hall–Kier alpha value is -2.64. The van der Waals surface area contributed by atoms with E-state index in [-0.39, 0.29) is 0 Å². The molecule has 1 aliphatic heterocycles. The fraction of sp³-hybridized carbons (Fsp3) is 0.318. The molecule has 3 heterocycles. The van der Waals surface area contributed by atoms with Gasteiger partial charge in [-0.15, -0.1) is 11.8 Å². The molecule has 6 nitrogen and oxygen atoms in total. The minimum Gasteiger partial charge on any atom is -0.378 e. The number of hydrogen-bond acceptors (Lipinski definition) is 6. The number of imidazole rings is 1. The van der Waals surface area contributed by atoms with Crippen molar-refractivity contribution in [1.82, 2.24) is 19.5 Å². The first-order valence-electron chi connectivity index (χ1n) is 9.98. The maximum Gasteiger partial charge on any atom is 0.228 e. The molecule has 0 N–H and O–H groups in total. The van der Waals surface area contributed by atoms with Crippen molar-refractivity contribution >= 4 is 39.6 Å². The Morgan fingerprint density at radius 1 is 1.03 bits per heavy atom. The lowest BCUT2D eigenvalue weighted by Gasteiger charge is -2.27. The van der Waals surface area contributed by atoms with Gasteiger partial charge < -0.3 is 14.2 Å². The van der Waals surface area contributed by atoms with E-state index in [1.54, 1.807) is 11.8 Å². The summed E-state index contributed by atoms with van der Waals surface area (Å²) in [6.45, 7) is 5.97. The zero-order valence-electron chi connectivity index (χ0n) is 16.4. The largest absolute Gasteiger partial charge is 0.378 e. The number of benzene rings is 2. The molecule has 2 aromatic carbocycles. The number of hydrogen-bond donors (Lipinski definition) is 0. The maximum absolute atomic E-state index is 5.47. The molecule has 0 bridgehead atoms. The molecule has 0 radical (unpaired) electrons. The molecule has 29 heavy (non-hydrogen) atoms. The van der Waals surface area contributed by atoms with Crippen LogP contribution in [0.25, 0.3) is 21.9 Å². The summed E-state index contributed by atoms with van der Waals surface area (Å²) in [5.74, 6) is 1.71. The van der Waals surface area contributed by atoms with Gasteiger partial charge in [0.05, 0.1) is 19.5 Å². The summed E-state index contributed by atoms with van der Waals surface area (Å²) in [7, 11) is 0. The first-order chi connectivity index (χ1) is 14.3. The van der Waals surface area contributed by atoms with Crippen LogP contribution in [0, 0.1) is 0 Å². The van der Waals surface area contributed by atoms with E-state index >= 15 is 0 Å². The van der Waals surface area contributed by atoms with E-state index in [9.17, 15) is 0 Å². The van der Waals surface area contributed by atoms with Gasteiger partial charge in [0.25, 0.3) is 0 Å². The van der Waals surface area contributed by atoms with Gasteiger partial charge in [-0.05, 0) is 28.2 Å². The fourth-order valence-electron chi connectivity index (χ4n) is 3.73. The van der Waals surface area contributed by atoms with E-state index in [2.05, 4.69) is 63.8 Å². The topological polar surface area (TPSA) is 56.1 Å². The maximum atomic E-state index is 5.47. The first kappa shape index (κ1) is 18.4. The number of morpholine rings is 1. The minimum atomic E-state index is 0.716. The van der Waals surface area contributed by atoms with Gasteiger partial charge in [0.2, 0.25) is 5.95 Å². The third kappa shape index (κ3) is 3.68. The molecule has 5 rings (SSSR count). The number of fused-ring (bicyclic) bond motifs is 2. The number of anilines is 1. The molecule has 0 spiro atoms. The van der Waals surface area contributed by atoms with Crippen molar-refractivity contribution in [3.8, 4) is 0 Å². The Morgan fingerprint density at radius 3 is 2.69 bits per heavy atom. The van der Waals surface area contributed by atoms with Crippen LogP contribution in [0.2, 0.25) is 0 Å². The van der Waals surface area contributed by atoms with Crippen LogP contribution in [-0.2, 0) is 11.3 Å². The number of thioether (sulfide) groups is 1. The second-order valence-electron chi connectivity index (χ2n) is 7.09. The molecule has 7 heteroatoms. The monoisotopic (exact) mass is 405 g/mol. The van der Waals surface area contributed by atoms with Crippen molar-refractivity contribution in [2.24, 2.45) is 0 Å². The summed E-state index contributed by atoms with van der Waals surface area (Å²) in [5.41, 5.74) is 3.02. The van der Waals surface area contributed by atoms with Crippen LogP contribution in [0.4, 0.5) is 5.95 Å². The van der Waals surface area contributed by atoms with E-state index in [0.717, 1.165) is 47.5 Å².